The van der Waals surface area contributed by atoms with Crippen LogP contribution < -0.4 is 0 Å². The first-order valence-electron chi connectivity index (χ1n) is 10.0. The summed E-state index contributed by atoms with van der Waals surface area (Å²) in [7, 11) is -1.99. The molecule has 0 saturated carbocycles. The molecule has 5 rings (SSSR count). The molecule has 0 spiro atoms. The van der Waals surface area contributed by atoms with Crippen molar-refractivity contribution < 1.29 is 13.2 Å². The molecule has 0 saturated heterocycles. The van der Waals surface area contributed by atoms with Gasteiger partial charge in [-0.2, -0.15) is 5.10 Å². The third kappa shape index (κ3) is 3.37. The molecule has 0 aliphatic carbocycles. The quantitative estimate of drug-likeness (QED) is 0.488. The van der Waals surface area contributed by atoms with Crippen molar-refractivity contribution in [2.75, 3.05) is 13.2 Å². The summed E-state index contributed by atoms with van der Waals surface area (Å²) in [6, 6.07) is 8.80. The predicted octanol–water partition coefficient (Wildman–Crippen LogP) is 3.79. The van der Waals surface area contributed by atoms with Gasteiger partial charge in [-0.15, -0.1) is 0 Å². The van der Waals surface area contributed by atoms with Crippen molar-refractivity contribution in [2.24, 2.45) is 7.05 Å². The average molecular weight is 435 g/mol. The van der Waals surface area contributed by atoms with Gasteiger partial charge in [0.05, 0.1) is 24.3 Å². The summed E-state index contributed by atoms with van der Waals surface area (Å²) in [5.41, 5.74) is 5.14. The Kier molecular flexibility index (Phi) is 4.75. The van der Waals surface area contributed by atoms with Crippen LogP contribution >= 0.6 is 0 Å². The minimum absolute atomic E-state index is 0.227. The Bertz CT molecular complexity index is 1410. The van der Waals surface area contributed by atoms with Crippen LogP contribution in [0.3, 0.4) is 0 Å². The minimum atomic E-state index is -3.83. The number of rotatable bonds is 4. The maximum Gasteiger partial charge on any atom is 0.269 e. The first-order chi connectivity index (χ1) is 14.9. The summed E-state index contributed by atoms with van der Waals surface area (Å²) in [6.07, 6.45) is 9.77. The zero-order valence-corrected chi connectivity index (χ0v) is 18.1. The molecule has 4 aromatic rings. The van der Waals surface area contributed by atoms with Gasteiger partial charge in [0.1, 0.15) is 0 Å². The van der Waals surface area contributed by atoms with Crippen molar-refractivity contribution in [3.63, 3.8) is 0 Å². The molecular weight excluding hydrogens is 412 g/mol. The number of fused-ring (bicyclic) bond motifs is 1. The molecule has 1 aliphatic rings. The number of nitrogens with zero attached hydrogens (tertiary/aromatic N) is 4. The van der Waals surface area contributed by atoms with Crippen molar-refractivity contribution in [3.8, 4) is 11.1 Å². The minimum Gasteiger partial charge on any atom is -0.377 e. The van der Waals surface area contributed by atoms with Crippen LogP contribution in [0.15, 0.2) is 66.1 Å². The van der Waals surface area contributed by atoms with E-state index in [4.69, 9.17) is 4.74 Å². The highest BCUT2D eigenvalue weighted by molar-refractivity contribution is 7.90. The van der Waals surface area contributed by atoms with Crippen molar-refractivity contribution in [1.29, 1.82) is 0 Å². The van der Waals surface area contributed by atoms with E-state index in [0.29, 0.717) is 18.9 Å². The van der Waals surface area contributed by atoms with Gasteiger partial charge in [-0.25, -0.2) is 17.4 Å². The Hall–Kier alpha value is -3.23. The van der Waals surface area contributed by atoms with Crippen molar-refractivity contribution in [3.05, 3.63) is 72.3 Å². The predicted molar refractivity (Wildman–Crippen MR) is 119 cm³/mol. The van der Waals surface area contributed by atoms with Crippen LogP contribution in [-0.2, 0) is 21.8 Å². The van der Waals surface area contributed by atoms with Crippen LogP contribution in [-0.4, -0.2) is 40.4 Å². The number of hydrogen-bond donors (Lipinski definition) is 0. The maximum atomic E-state index is 13.6. The second kappa shape index (κ2) is 7.47. The Morgan fingerprint density at radius 1 is 1.06 bits per heavy atom. The lowest BCUT2D eigenvalue weighted by Crippen LogP contribution is -2.12. The highest BCUT2D eigenvalue weighted by Gasteiger charge is 2.25. The highest BCUT2D eigenvalue weighted by atomic mass is 32.2. The Morgan fingerprint density at radius 3 is 2.55 bits per heavy atom. The van der Waals surface area contributed by atoms with Crippen LogP contribution in [0.4, 0.5) is 0 Å². The summed E-state index contributed by atoms with van der Waals surface area (Å²) in [6.45, 7) is 3.11. The number of aromatic nitrogens is 4. The van der Waals surface area contributed by atoms with Gasteiger partial charge in [0, 0.05) is 42.2 Å². The molecule has 3 aromatic heterocycles. The number of pyridine rings is 1. The van der Waals surface area contributed by atoms with E-state index in [-0.39, 0.29) is 4.90 Å². The van der Waals surface area contributed by atoms with E-state index in [1.54, 1.807) is 47.5 Å². The van der Waals surface area contributed by atoms with Crippen LogP contribution in [0.2, 0.25) is 0 Å². The van der Waals surface area contributed by atoms with E-state index >= 15 is 0 Å². The van der Waals surface area contributed by atoms with Gasteiger partial charge < -0.3 is 4.74 Å². The van der Waals surface area contributed by atoms with Gasteiger partial charge in [0.25, 0.3) is 10.0 Å². The molecule has 0 atom stereocenters. The highest BCUT2D eigenvalue weighted by Crippen LogP contribution is 2.37. The van der Waals surface area contributed by atoms with Crippen molar-refractivity contribution in [2.45, 2.75) is 18.2 Å². The molecular formula is C23H22N4O3S. The normalized spacial score (nSPS) is 14.7. The molecule has 7 nitrogen and oxygen atoms in total. The fourth-order valence-electron chi connectivity index (χ4n) is 3.95. The van der Waals surface area contributed by atoms with Gasteiger partial charge in [-0.1, -0.05) is 23.8 Å². The molecule has 0 amide bonds. The van der Waals surface area contributed by atoms with E-state index in [1.807, 2.05) is 26.2 Å². The van der Waals surface area contributed by atoms with E-state index in [2.05, 4.69) is 16.2 Å². The van der Waals surface area contributed by atoms with Gasteiger partial charge in [-0.05, 0) is 42.7 Å². The molecule has 0 unspecified atom stereocenters. The molecule has 0 radical (unpaired) electrons. The first-order valence-corrected chi connectivity index (χ1v) is 11.5. The van der Waals surface area contributed by atoms with Gasteiger partial charge in [0.15, 0.2) is 5.65 Å². The van der Waals surface area contributed by atoms with Crippen molar-refractivity contribution in [1.82, 2.24) is 18.7 Å². The second-order valence-corrected chi connectivity index (χ2v) is 9.49. The Morgan fingerprint density at radius 2 is 1.87 bits per heavy atom. The molecule has 4 heterocycles. The molecule has 158 valence electrons. The zero-order valence-electron chi connectivity index (χ0n) is 17.3. The number of aryl methyl sites for hydroxylation is 2. The first kappa shape index (κ1) is 19.7. The Labute approximate surface area is 180 Å². The third-order valence-electron chi connectivity index (χ3n) is 5.56. The van der Waals surface area contributed by atoms with E-state index in [1.165, 1.54) is 3.97 Å². The van der Waals surface area contributed by atoms with Crippen LogP contribution in [0, 0.1) is 6.92 Å². The van der Waals surface area contributed by atoms with Crippen LogP contribution in [0.25, 0.3) is 27.7 Å². The summed E-state index contributed by atoms with van der Waals surface area (Å²) in [4.78, 5) is 4.72. The van der Waals surface area contributed by atoms with E-state index in [9.17, 15) is 8.42 Å². The van der Waals surface area contributed by atoms with E-state index in [0.717, 1.165) is 39.6 Å². The summed E-state index contributed by atoms with van der Waals surface area (Å²) >= 11 is 0. The van der Waals surface area contributed by atoms with Crippen LogP contribution in [0.5, 0.6) is 0 Å². The van der Waals surface area contributed by atoms with Crippen molar-refractivity contribution >= 4 is 26.6 Å². The summed E-state index contributed by atoms with van der Waals surface area (Å²) in [5.74, 6) is 0. The smallest absolute Gasteiger partial charge is 0.269 e. The third-order valence-corrected chi connectivity index (χ3v) is 7.22. The topological polar surface area (TPSA) is 79.0 Å². The molecule has 0 N–H and O–H groups in total. The van der Waals surface area contributed by atoms with Gasteiger partial charge in [-0.3, -0.25) is 4.68 Å². The summed E-state index contributed by atoms with van der Waals surface area (Å²) in [5, 5.41) is 5.09. The lowest BCUT2D eigenvalue weighted by atomic mass is 9.96. The largest absolute Gasteiger partial charge is 0.377 e. The zero-order chi connectivity index (χ0) is 21.6. The van der Waals surface area contributed by atoms with Gasteiger partial charge in [0.2, 0.25) is 0 Å². The monoisotopic (exact) mass is 434 g/mol. The molecule has 0 bridgehead atoms. The standard InChI is InChI=1S/C23H22N4O3S/c1-16-3-5-19(6-4-16)31(28,29)27-15-21(18-13-25-26(2)14-18)22-20(7-10-24-23(22)27)17-8-11-30-12-9-17/h3-8,10,13-15H,9,11-12H2,1-2H3. The van der Waals surface area contributed by atoms with Crippen LogP contribution in [0.1, 0.15) is 17.5 Å². The fourth-order valence-corrected chi connectivity index (χ4v) is 5.27. The van der Waals surface area contributed by atoms with Gasteiger partial charge >= 0.3 is 0 Å². The van der Waals surface area contributed by atoms with E-state index < -0.39 is 10.0 Å². The molecule has 0 fully saturated rings. The number of ether oxygens (including phenoxy) is 1. The SMILES string of the molecule is Cc1ccc(S(=O)(=O)n2cc(-c3cnn(C)c3)c3c(C4=CCOCC4)ccnc32)cc1. The molecule has 1 aliphatic heterocycles. The maximum absolute atomic E-state index is 13.6. The lowest BCUT2D eigenvalue weighted by molar-refractivity contribution is 0.161. The number of benzene rings is 1. The second-order valence-electron chi connectivity index (χ2n) is 7.67. The average Bonchev–Trinajstić information content (AvgIpc) is 3.38. The molecule has 8 heteroatoms. The Balaban J connectivity index is 1.81. The summed E-state index contributed by atoms with van der Waals surface area (Å²) < 4.78 is 35.6. The number of hydrogen-bond acceptors (Lipinski definition) is 5. The molecule has 31 heavy (non-hydrogen) atoms. The molecule has 1 aromatic carbocycles. The lowest BCUT2D eigenvalue weighted by Gasteiger charge is -2.15. The fraction of sp³-hybridized carbons (Fsp3) is 0.217.